The Morgan fingerprint density at radius 2 is 2.26 bits per heavy atom. The van der Waals surface area contributed by atoms with Crippen LogP contribution >= 0.6 is 0 Å². The maximum Gasteiger partial charge on any atom is 0.151 e. The fraction of sp³-hybridized carbons (Fsp3) is 0.533. The van der Waals surface area contributed by atoms with Crippen molar-refractivity contribution in [2.75, 3.05) is 13.1 Å². The molecule has 1 aromatic heterocycles. The van der Waals surface area contributed by atoms with Crippen molar-refractivity contribution >= 4 is 11.0 Å². The Kier molecular flexibility index (Phi) is 3.27. The monoisotopic (exact) mass is 261 g/mol. The first-order valence-electron chi connectivity index (χ1n) is 7.07. The molecule has 2 heterocycles. The van der Waals surface area contributed by atoms with Gasteiger partial charge in [-0.1, -0.05) is 19.9 Å². The highest BCUT2D eigenvalue weighted by atomic mass is 19.1. The Balaban J connectivity index is 2.11. The molecule has 1 fully saturated rings. The van der Waals surface area contributed by atoms with E-state index in [1.165, 1.54) is 6.07 Å². The van der Waals surface area contributed by atoms with Gasteiger partial charge in [-0.05, 0) is 37.6 Å². The number of benzene rings is 1. The molecular weight excluding hydrogens is 241 g/mol. The van der Waals surface area contributed by atoms with Crippen molar-refractivity contribution in [1.82, 2.24) is 14.9 Å². The van der Waals surface area contributed by atoms with Crippen LogP contribution in [0.1, 0.15) is 32.0 Å². The van der Waals surface area contributed by atoms with Crippen LogP contribution < -0.4 is 5.32 Å². The van der Waals surface area contributed by atoms with Crippen molar-refractivity contribution in [3.05, 3.63) is 29.8 Å². The normalized spacial score (nSPS) is 17.6. The van der Waals surface area contributed by atoms with E-state index in [1.807, 2.05) is 6.07 Å². The minimum atomic E-state index is -0.215. The lowest BCUT2D eigenvalue weighted by Gasteiger charge is -2.32. The number of halogens is 1. The van der Waals surface area contributed by atoms with E-state index >= 15 is 0 Å². The molecular formula is C15H20FN3. The second-order valence-corrected chi connectivity index (χ2v) is 5.44. The highest BCUT2D eigenvalue weighted by molar-refractivity contribution is 5.76. The minimum absolute atomic E-state index is 0.215. The van der Waals surface area contributed by atoms with Gasteiger partial charge in [-0.15, -0.1) is 0 Å². The predicted molar refractivity (Wildman–Crippen MR) is 74.8 cm³/mol. The highest BCUT2D eigenvalue weighted by Gasteiger charge is 2.29. The zero-order chi connectivity index (χ0) is 13.4. The Morgan fingerprint density at radius 1 is 1.47 bits per heavy atom. The lowest BCUT2D eigenvalue weighted by atomic mass is 9.88. The number of nitrogens with zero attached hydrogens (tertiary/aromatic N) is 2. The molecule has 0 radical (unpaired) electrons. The largest absolute Gasteiger partial charge is 0.328 e. The van der Waals surface area contributed by atoms with Crippen molar-refractivity contribution in [2.45, 2.75) is 32.7 Å². The number of rotatable bonds is 4. The Hall–Kier alpha value is -1.42. The number of hydrogen-bond acceptors (Lipinski definition) is 2. The van der Waals surface area contributed by atoms with Crippen LogP contribution in [0.4, 0.5) is 4.39 Å². The Morgan fingerprint density at radius 3 is 2.89 bits per heavy atom. The van der Waals surface area contributed by atoms with E-state index in [2.05, 4.69) is 28.7 Å². The highest BCUT2D eigenvalue weighted by Crippen LogP contribution is 2.30. The molecule has 102 valence electrons. The fourth-order valence-corrected chi connectivity index (χ4v) is 2.81. The lowest BCUT2D eigenvalue weighted by molar-refractivity contribution is 0.291. The summed E-state index contributed by atoms with van der Waals surface area (Å²) in [7, 11) is 0. The van der Waals surface area contributed by atoms with Gasteiger partial charge >= 0.3 is 0 Å². The van der Waals surface area contributed by atoms with Crippen molar-refractivity contribution in [3.8, 4) is 0 Å². The predicted octanol–water partition coefficient (Wildman–Crippen LogP) is 2.91. The summed E-state index contributed by atoms with van der Waals surface area (Å²) in [6.07, 6.45) is 1.03. The van der Waals surface area contributed by atoms with Gasteiger partial charge < -0.3 is 9.88 Å². The quantitative estimate of drug-likeness (QED) is 0.917. The van der Waals surface area contributed by atoms with Crippen LogP contribution in [-0.4, -0.2) is 22.6 Å². The van der Waals surface area contributed by atoms with Crippen LogP contribution in [0.5, 0.6) is 0 Å². The second-order valence-electron chi connectivity index (χ2n) is 5.44. The third kappa shape index (κ3) is 2.04. The first-order valence-corrected chi connectivity index (χ1v) is 7.07. The molecule has 1 aliphatic rings. The lowest BCUT2D eigenvalue weighted by Crippen LogP contribution is -2.45. The SMILES string of the molecule is CCCn1c(C(C)C2CNC2)nc2c(F)cccc21. The van der Waals surface area contributed by atoms with Gasteiger partial charge in [0, 0.05) is 12.5 Å². The van der Waals surface area contributed by atoms with Crippen molar-refractivity contribution in [1.29, 1.82) is 0 Å². The summed E-state index contributed by atoms with van der Waals surface area (Å²) in [6, 6.07) is 5.23. The zero-order valence-corrected chi connectivity index (χ0v) is 11.5. The van der Waals surface area contributed by atoms with Crippen LogP contribution in [0.3, 0.4) is 0 Å². The number of nitrogens with one attached hydrogen (secondary N) is 1. The first kappa shape index (κ1) is 12.6. The number of aromatic nitrogens is 2. The average molecular weight is 261 g/mol. The van der Waals surface area contributed by atoms with E-state index in [4.69, 9.17) is 0 Å². The molecule has 3 rings (SSSR count). The molecule has 4 heteroatoms. The molecule has 19 heavy (non-hydrogen) atoms. The number of fused-ring (bicyclic) bond motifs is 1. The summed E-state index contributed by atoms with van der Waals surface area (Å²) in [5.74, 6) is 1.82. The van der Waals surface area contributed by atoms with Crippen LogP contribution in [0.25, 0.3) is 11.0 Å². The molecule has 1 atom stereocenters. The topological polar surface area (TPSA) is 29.9 Å². The maximum atomic E-state index is 13.9. The summed E-state index contributed by atoms with van der Waals surface area (Å²) >= 11 is 0. The van der Waals surface area contributed by atoms with Gasteiger partial charge in [0.2, 0.25) is 0 Å². The molecule has 3 nitrogen and oxygen atoms in total. The van der Waals surface area contributed by atoms with Gasteiger partial charge in [0.1, 0.15) is 11.3 Å². The number of aryl methyl sites for hydroxylation is 1. The molecule has 0 amide bonds. The summed E-state index contributed by atoms with van der Waals surface area (Å²) in [4.78, 5) is 4.59. The summed E-state index contributed by atoms with van der Waals surface area (Å²) < 4.78 is 16.1. The van der Waals surface area contributed by atoms with Crippen LogP contribution in [-0.2, 0) is 6.54 Å². The van der Waals surface area contributed by atoms with Crippen molar-refractivity contribution in [2.24, 2.45) is 5.92 Å². The van der Waals surface area contributed by atoms with Crippen LogP contribution in [0.15, 0.2) is 18.2 Å². The fourth-order valence-electron chi connectivity index (χ4n) is 2.81. The second kappa shape index (κ2) is 4.93. The Labute approximate surface area is 112 Å². The molecule has 1 aliphatic heterocycles. The third-order valence-electron chi connectivity index (χ3n) is 4.13. The van der Waals surface area contributed by atoms with E-state index in [1.54, 1.807) is 6.07 Å². The van der Waals surface area contributed by atoms with E-state index < -0.39 is 0 Å². The van der Waals surface area contributed by atoms with Gasteiger partial charge in [0.15, 0.2) is 5.82 Å². The van der Waals surface area contributed by atoms with E-state index in [0.29, 0.717) is 17.4 Å². The number of para-hydroxylation sites is 1. The molecule has 2 aromatic rings. The molecule has 0 bridgehead atoms. The van der Waals surface area contributed by atoms with Crippen LogP contribution in [0.2, 0.25) is 0 Å². The minimum Gasteiger partial charge on any atom is -0.328 e. The first-order chi connectivity index (χ1) is 9.22. The molecule has 0 saturated carbocycles. The molecule has 0 aliphatic carbocycles. The molecule has 1 unspecified atom stereocenters. The van der Waals surface area contributed by atoms with Crippen molar-refractivity contribution in [3.63, 3.8) is 0 Å². The van der Waals surface area contributed by atoms with E-state index in [0.717, 1.165) is 37.4 Å². The average Bonchev–Trinajstić information content (AvgIpc) is 2.68. The van der Waals surface area contributed by atoms with Gasteiger partial charge in [0.25, 0.3) is 0 Å². The van der Waals surface area contributed by atoms with Gasteiger partial charge in [-0.2, -0.15) is 0 Å². The molecule has 1 aromatic carbocycles. The van der Waals surface area contributed by atoms with E-state index in [9.17, 15) is 4.39 Å². The molecule has 1 saturated heterocycles. The summed E-state index contributed by atoms with van der Waals surface area (Å²) in [5.41, 5.74) is 1.45. The molecule has 0 spiro atoms. The van der Waals surface area contributed by atoms with Crippen molar-refractivity contribution < 1.29 is 4.39 Å². The molecule has 1 N–H and O–H groups in total. The van der Waals surface area contributed by atoms with E-state index in [-0.39, 0.29) is 5.82 Å². The number of hydrogen-bond donors (Lipinski definition) is 1. The third-order valence-corrected chi connectivity index (χ3v) is 4.13. The van der Waals surface area contributed by atoms with Gasteiger partial charge in [0.05, 0.1) is 5.52 Å². The van der Waals surface area contributed by atoms with Gasteiger partial charge in [-0.25, -0.2) is 9.37 Å². The van der Waals surface area contributed by atoms with Gasteiger partial charge in [-0.3, -0.25) is 0 Å². The Bertz CT molecular complexity index is 586. The smallest absolute Gasteiger partial charge is 0.151 e. The summed E-state index contributed by atoms with van der Waals surface area (Å²) in [5, 5.41) is 3.30. The maximum absolute atomic E-state index is 13.9. The standard InChI is InChI=1S/C15H20FN3/c1-3-7-19-13-6-4-5-12(16)14(13)18-15(19)10(2)11-8-17-9-11/h4-6,10-11,17H,3,7-9H2,1-2H3. The zero-order valence-electron chi connectivity index (χ0n) is 11.5. The number of imidazole rings is 1. The summed E-state index contributed by atoms with van der Waals surface area (Å²) in [6.45, 7) is 7.33. The van der Waals surface area contributed by atoms with Crippen LogP contribution in [0, 0.1) is 11.7 Å².